The molecule has 0 unspecified atom stereocenters. The van der Waals surface area contributed by atoms with Gasteiger partial charge in [0, 0.05) is 25.8 Å². The van der Waals surface area contributed by atoms with Crippen LogP contribution in [-0.2, 0) is 0 Å². The molecular formula is C16H17BrN2O2. The summed E-state index contributed by atoms with van der Waals surface area (Å²) in [4.78, 5) is 13.7. The normalized spacial score (nSPS) is 10.3. The van der Waals surface area contributed by atoms with Gasteiger partial charge in [0.1, 0.15) is 11.5 Å². The minimum atomic E-state index is -0.131. The van der Waals surface area contributed by atoms with Crippen molar-refractivity contribution in [2.24, 2.45) is 0 Å². The summed E-state index contributed by atoms with van der Waals surface area (Å²) in [7, 11) is 3.40. The summed E-state index contributed by atoms with van der Waals surface area (Å²) >= 11 is 3.46. The molecule has 1 amide bonds. The molecule has 110 valence electrons. The number of anilines is 1. The summed E-state index contributed by atoms with van der Waals surface area (Å²) in [6, 6.07) is 10.8. The van der Waals surface area contributed by atoms with Gasteiger partial charge < -0.3 is 15.4 Å². The number of hydrogen-bond donors (Lipinski definition) is 1. The first-order chi connectivity index (χ1) is 9.88. The third-order valence-corrected chi connectivity index (χ3v) is 3.57. The molecule has 0 heterocycles. The Bertz CT molecular complexity index is 684. The Morgan fingerprint density at radius 1 is 1.14 bits per heavy atom. The number of rotatable bonds is 3. The molecule has 0 fully saturated rings. The summed E-state index contributed by atoms with van der Waals surface area (Å²) < 4.78 is 6.70. The van der Waals surface area contributed by atoms with Crippen molar-refractivity contribution in [1.29, 1.82) is 0 Å². The third-order valence-electron chi connectivity index (χ3n) is 2.95. The lowest BCUT2D eigenvalue weighted by Gasteiger charge is -2.16. The number of aryl methyl sites for hydroxylation is 1. The van der Waals surface area contributed by atoms with Gasteiger partial charge in [-0.25, -0.2) is 0 Å². The Morgan fingerprint density at radius 3 is 2.48 bits per heavy atom. The number of carbonyl (C=O) groups excluding carboxylic acids is 1. The lowest BCUT2D eigenvalue weighted by Crippen LogP contribution is -2.22. The van der Waals surface area contributed by atoms with Gasteiger partial charge in [-0.05, 0) is 52.7 Å². The smallest absolute Gasteiger partial charge is 0.257 e. The number of carbonyl (C=O) groups is 1. The summed E-state index contributed by atoms with van der Waals surface area (Å²) in [5.41, 5.74) is 7.94. The van der Waals surface area contributed by atoms with Crippen molar-refractivity contribution >= 4 is 27.5 Å². The average molecular weight is 349 g/mol. The largest absolute Gasteiger partial charge is 0.455 e. The SMILES string of the molecule is Cc1ccc(Oc2cc(N)ccc2C(=O)N(C)C)c(Br)c1. The fraction of sp³-hybridized carbons (Fsp3) is 0.188. The van der Waals surface area contributed by atoms with Gasteiger partial charge in [0.25, 0.3) is 5.91 Å². The van der Waals surface area contributed by atoms with E-state index < -0.39 is 0 Å². The van der Waals surface area contributed by atoms with Gasteiger partial charge in [-0.3, -0.25) is 4.79 Å². The predicted octanol–water partition coefficient (Wildman–Crippen LogP) is 3.83. The van der Waals surface area contributed by atoms with E-state index in [1.807, 2.05) is 25.1 Å². The van der Waals surface area contributed by atoms with E-state index in [-0.39, 0.29) is 5.91 Å². The molecule has 2 aromatic rings. The van der Waals surface area contributed by atoms with Gasteiger partial charge in [0.05, 0.1) is 10.0 Å². The molecule has 5 heteroatoms. The summed E-state index contributed by atoms with van der Waals surface area (Å²) in [6.07, 6.45) is 0. The predicted molar refractivity (Wildman–Crippen MR) is 87.8 cm³/mol. The van der Waals surface area contributed by atoms with E-state index in [4.69, 9.17) is 10.5 Å². The van der Waals surface area contributed by atoms with Crippen molar-refractivity contribution in [2.75, 3.05) is 19.8 Å². The summed E-state index contributed by atoms with van der Waals surface area (Å²) in [5, 5.41) is 0. The fourth-order valence-corrected chi connectivity index (χ4v) is 2.42. The Balaban J connectivity index is 2.43. The molecule has 0 radical (unpaired) electrons. The monoisotopic (exact) mass is 348 g/mol. The van der Waals surface area contributed by atoms with E-state index in [1.165, 1.54) is 4.90 Å². The second-order valence-electron chi connectivity index (χ2n) is 4.99. The van der Waals surface area contributed by atoms with Crippen LogP contribution in [0.1, 0.15) is 15.9 Å². The maximum Gasteiger partial charge on any atom is 0.257 e. The number of nitrogens with zero attached hydrogens (tertiary/aromatic N) is 1. The van der Waals surface area contributed by atoms with Crippen LogP contribution >= 0.6 is 15.9 Å². The minimum absolute atomic E-state index is 0.131. The van der Waals surface area contributed by atoms with Crippen molar-refractivity contribution in [3.8, 4) is 11.5 Å². The van der Waals surface area contributed by atoms with E-state index in [2.05, 4.69) is 15.9 Å². The van der Waals surface area contributed by atoms with Gasteiger partial charge in [-0.1, -0.05) is 6.07 Å². The highest BCUT2D eigenvalue weighted by Gasteiger charge is 2.16. The standard InChI is InChI=1S/C16H17BrN2O2/c1-10-4-7-14(13(17)8-10)21-15-9-11(18)5-6-12(15)16(20)19(2)3/h4-9H,18H2,1-3H3. The van der Waals surface area contributed by atoms with E-state index in [9.17, 15) is 4.79 Å². The molecule has 0 aliphatic heterocycles. The quantitative estimate of drug-likeness (QED) is 0.857. The Labute approximate surface area is 132 Å². The Morgan fingerprint density at radius 2 is 1.86 bits per heavy atom. The van der Waals surface area contributed by atoms with Gasteiger partial charge in [-0.2, -0.15) is 0 Å². The van der Waals surface area contributed by atoms with E-state index >= 15 is 0 Å². The molecule has 2 rings (SSSR count). The number of hydrogen-bond acceptors (Lipinski definition) is 3. The Hall–Kier alpha value is -2.01. The van der Waals surface area contributed by atoms with E-state index in [1.54, 1.807) is 32.3 Å². The lowest BCUT2D eigenvalue weighted by atomic mass is 10.1. The molecule has 0 bridgehead atoms. The number of ether oxygens (including phenoxy) is 1. The van der Waals surface area contributed by atoms with Crippen molar-refractivity contribution in [3.63, 3.8) is 0 Å². The Kier molecular flexibility index (Phi) is 4.53. The zero-order valence-electron chi connectivity index (χ0n) is 12.2. The minimum Gasteiger partial charge on any atom is -0.455 e. The highest BCUT2D eigenvalue weighted by atomic mass is 79.9. The second-order valence-corrected chi connectivity index (χ2v) is 5.85. The van der Waals surface area contributed by atoms with Gasteiger partial charge in [-0.15, -0.1) is 0 Å². The van der Waals surface area contributed by atoms with Crippen LogP contribution in [-0.4, -0.2) is 24.9 Å². The van der Waals surface area contributed by atoms with Crippen LogP contribution in [0.25, 0.3) is 0 Å². The molecule has 0 aliphatic rings. The lowest BCUT2D eigenvalue weighted by molar-refractivity contribution is 0.0825. The molecule has 0 spiro atoms. The molecule has 0 aromatic heterocycles. The number of amides is 1. The van der Waals surface area contributed by atoms with Crippen molar-refractivity contribution in [1.82, 2.24) is 4.90 Å². The molecule has 2 N–H and O–H groups in total. The first kappa shape index (κ1) is 15.4. The van der Waals surface area contributed by atoms with Crippen LogP contribution in [0.5, 0.6) is 11.5 Å². The van der Waals surface area contributed by atoms with E-state index in [0.717, 1.165) is 10.0 Å². The topological polar surface area (TPSA) is 55.6 Å². The molecule has 0 aliphatic carbocycles. The molecule has 4 nitrogen and oxygen atoms in total. The van der Waals surface area contributed by atoms with Gasteiger partial charge in [0.2, 0.25) is 0 Å². The van der Waals surface area contributed by atoms with Crippen LogP contribution in [0.15, 0.2) is 40.9 Å². The van der Waals surface area contributed by atoms with Crippen LogP contribution < -0.4 is 10.5 Å². The number of nitrogens with two attached hydrogens (primary N) is 1. The van der Waals surface area contributed by atoms with Crippen LogP contribution in [0, 0.1) is 6.92 Å². The first-order valence-corrected chi connectivity index (χ1v) is 7.23. The van der Waals surface area contributed by atoms with Crippen molar-refractivity contribution in [3.05, 3.63) is 52.0 Å². The maximum atomic E-state index is 12.2. The zero-order chi connectivity index (χ0) is 15.6. The van der Waals surface area contributed by atoms with Gasteiger partial charge >= 0.3 is 0 Å². The molecule has 0 saturated heterocycles. The van der Waals surface area contributed by atoms with Crippen LogP contribution in [0.2, 0.25) is 0 Å². The highest BCUT2D eigenvalue weighted by molar-refractivity contribution is 9.10. The van der Waals surface area contributed by atoms with E-state index in [0.29, 0.717) is 22.7 Å². The summed E-state index contributed by atoms with van der Waals surface area (Å²) in [5.74, 6) is 0.950. The maximum absolute atomic E-state index is 12.2. The second kappa shape index (κ2) is 6.18. The number of halogens is 1. The van der Waals surface area contributed by atoms with Crippen molar-refractivity contribution < 1.29 is 9.53 Å². The third kappa shape index (κ3) is 3.55. The van der Waals surface area contributed by atoms with Crippen LogP contribution in [0.4, 0.5) is 5.69 Å². The van der Waals surface area contributed by atoms with Gasteiger partial charge in [0.15, 0.2) is 0 Å². The molecule has 21 heavy (non-hydrogen) atoms. The zero-order valence-corrected chi connectivity index (χ0v) is 13.8. The summed E-state index contributed by atoms with van der Waals surface area (Å²) in [6.45, 7) is 2.00. The fourth-order valence-electron chi connectivity index (χ4n) is 1.85. The van der Waals surface area contributed by atoms with Crippen molar-refractivity contribution in [2.45, 2.75) is 6.92 Å². The number of nitrogen functional groups attached to an aromatic ring is 1. The number of benzene rings is 2. The molecular weight excluding hydrogens is 332 g/mol. The molecule has 2 aromatic carbocycles. The average Bonchev–Trinajstić information content (AvgIpc) is 2.41. The first-order valence-electron chi connectivity index (χ1n) is 6.43. The molecule has 0 saturated carbocycles. The highest BCUT2D eigenvalue weighted by Crippen LogP contribution is 2.33. The molecule has 0 atom stereocenters. The van der Waals surface area contributed by atoms with Crippen LogP contribution in [0.3, 0.4) is 0 Å².